The molecule has 14 heteroatoms. The topological polar surface area (TPSA) is 151 Å². The number of phosphoric acid groups is 1. The van der Waals surface area contributed by atoms with Gasteiger partial charge in [-0.1, -0.05) is 83.9 Å². The summed E-state index contributed by atoms with van der Waals surface area (Å²) in [7, 11) is -5.75. The van der Waals surface area contributed by atoms with Gasteiger partial charge in [-0.05, 0) is 6.42 Å². The molecule has 0 rings (SSSR count). The Labute approximate surface area is 240 Å². The predicted molar refractivity (Wildman–Crippen MR) is 140 cm³/mol. The summed E-state index contributed by atoms with van der Waals surface area (Å²) in [6, 6.07) is 0. The number of hydrogen-bond donors (Lipinski definition) is 2. The van der Waals surface area contributed by atoms with Crippen molar-refractivity contribution in [2.24, 2.45) is 5.41 Å². The van der Waals surface area contributed by atoms with Crippen LogP contribution in [-0.2, 0) is 32.3 Å². The first-order chi connectivity index (χ1) is 17.0. The number of hydrogen-bond acceptors (Lipinski definition) is 9. The van der Waals surface area contributed by atoms with Gasteiger partial charge in [-0.3, -0.25) is 18.9 Å². The Morgan fingerprint density at radius 3 is 2.16 bits per heavy atom. The smallest absolute Gasteiger partial charge is 0.756 e. The van der Waals surface area contributed by atoms with Crippen LogP contribution in [-0.4, -0.2) is 42.4 Å². The molecular formula is C23H42LiN2O8P2S. The minimum Gasteiger partial charge on any atom is -0.756 e. The zero-order chi connectivity index (χ0) is 27.3. The molecule has 0 spiro atoms. The van der Waals surface area contributed by atoms with E-state index in [1.807, 2.05) is 0 Å². The zero-order valence-electron chi connectivity index (χ0n) is 22.8. The number of rotatable bonds is 23. The van der Waals surface area contributed by atoms with Crippen LogP contribution in [0.1, 0.15) is 91.4 Å². The Kier molecular flexibility index (Phi) is 24.9. The average molecular weight is 576 g/mol. The maximum atomic E-state index is 12.0. The number of carbonyl (C=O) groups is 3. The molecule has 209 valence electrons. The van der Waals surface area contributed by atoms with Crippen molar-refractivity contribution in [3.8, 4) is 0 Å². The third-order valence-electron chi connectivity index (χ3n) is 5.07. The summed E-state index contributed by atoms with van der Waals surface area (Å²) in [5.41, 5.74) is -0.951. The molecule has 0 aromatic carbocycles. The van der Waals surface area contributed by atoms with Crippen molar-refractivity contribution in [1.82, 2.24) is 10.6 Å². The monoisotopic (exact) mass is 575 g/mol. The van der Waals surface area contributed by atoms with E-state index in [1.54, 1.807) is 13.8 Å². The van der Waals surface area contributed by atoms with Crippen LogP contribution in [0, 0.1) is 11.8 Å². The molecule has 0 bridgehead atoms. The summed E-state index contributed by atoms with van der Waals surface area (Å²) in [6.07, 6.45) is 12.8. The minimum absolute atomic E-state index is 0. The van der Waals surface area contributed by atoms with Crippen molar-refractivity contribution in [1.29, 1.82) is 0 Å². The molecule has 0 saturated heterocycles. The number of carbonyl (C=O) groups excluding carboxylic acids is 3. The molecule has 2 N–H and O–H groups in total. The molecule has 0 aromatic rings. The molecular weight excluding hydrogens is 533 g/mol. The van der Waals surface area contributed by atoms with E-state index in [1.165, 1.54) is 63.1 Å². The SMILES string of the molecule is CCCCCCCCCCCC(=O)SCCNC(=O)CCNC(=O)[CH]C(C)(C)COP(=O)([O-])OP=O.[Li+]. The van der Waals surface area contributed by atoms with Gasteiger partial charge in [0.15, 0.2) is 5.12 Å². The molecule has 1 radical (unpaired) electrons. The molecule has 0 fully saturated rings. The van der Waals surface area contributed by atoms with E-state index in [0.29, 0.717) is 18.7 Å². The van der Waals surface area contributed by atoms with Gasteiger partial charge in [0.05, 0.1) is 13.0 Å². The van der Waals surface area contributed by atoms with Crippen molar-refractivity contribution in [3.63, 3.8) is 0 Å². The van der Waals surface area contributed by atoms with Gasteiger partial charge in [0.1, 0.15) is 0 Å². The van der Waals surface area contributed by atoms with Gasteiger partial charge in [0.25, 0.3) is 7.82 Å². The van der Waals surface area contributed by atoms with Crippen molar-refractivity contribution < 1.29 is 56.1 Å². The number of nitrogens with one attached hydrogen (secondary N) is 2. The molecule has 0 aliphatic carbocycles. The van der Waals surface area contributed by atoms with Gasteiger partial charge in [-0.15, -0.1) is 0 Å². The first kappa shape index (κ1) is 38.9. The van der Waals surface area contributed by atoms with Crippen LogP contribution in [0.2, 0.25) is 0 Å². The van der Waals surface area contributed by atoms with Gasteiger partial charge >= 0.3 is 27.5 Å². The van der Waals surface area contributed by atoms with E-state index in [4.69, 9.17) is 0 Å². The fourth-order valence-corrected chi connectivity index (χ4v) is 4.88. The van der Waals surface area contributed by atoms with Gasteiger partial charge in [0, 0.05) is 37.1 Å². The molecule has 1 unspecified atom stereocenters. The van der Waals surface area contributed by atoms with E-state index in [9.17, 15) is 28.4 Å². The van der Waals surface area contributed by atoms with Gasteiger partial charge in [-0.25, -0.2) is 8.88 Å². The third kappa shape index (κ3) is 25.8. The number of phosphoric ester groups is 1. The normalized spacial score (nSPS) is 13.0. The van der Waals surface area contributed by atoms with Gasteiger partial charge in [0.2, 0.25) is 11.8 Å². The molecule has 0 aromatic heterocycles. The van der Waals surface area contributed by atoms with Crippen LogP contribution in [0.4, 0.5) is 0 Å². The Morgan fingerprint density at radius 2 is 1.57 bits per heavy atom. The predicted octanol–water partition coefficient (Wildman–Crippen LogP) is 1.73. The van der Waals surface area contributed by atoms with Crippen molar-refractivity contribution in [2.45, 2.75) is 91.4 Å². The zero-order valence-corrected chi connectivity index (χ0v) is 25.4. The fourth-order valence-electron chi connectivity index (χ4n) is 3.15. The summed E-state index contributed by atoms with van der Waals surface area (Å²) >= 11 is 1.23. The molecule has 0 heterocycles. The Balaban J connectivity index is 0. The van der Waals surface area contributed by atoms with E-state index >= 15 is 0 Å². The van der Waals surface area contributed by atoms with Gasteiger partial charge < -0.3 is 20.1 Å². The maximum Gasteiger partial charge on any atom is 1.00 e. The van der Waals surface area contributed by atoms with Crippen LogP contribution in [0.5, 0.6) is 0 Å². The third-order valence-corrected chi connectivity index (χ3v) is 7.52. The van der Waals surface area contributed by atoms with Crippen LogP contribution in [0.25, 0.3) is 0 Å². The van der Waals surface area contributed by atoms with Crippen molar-refractivity contribution >= 4 is 45.2 Å². The average Bonchev–Trinajstić information content (AvgIpc) is 2.79. The quantitative estimate of drug-likeness (QED) is 0.105. The largest absolute Gasteiger partial charge is 1.00 e. The van der Waals surface area contributed by atoms with Gasteiger partial charge in [-0.2, -0.15) is 0 Å². The molecule has 0 saturated carbocycles. The minimum atomic E-state index is -4.70. The Bertz CT molecular complexity index is 716. The Morgan fingerprint density at radius 1 is 0.973 bits per heavy atom. The molecule has 0 aliphatic rings. The summed E-state index contributed by atoms with van der Waals surface area (Å²) < 4.78 is 30.0. The molecule has 0 aliphatic heterocycles. The van der Waals surface area contributed by atoms with Crippen LogP contribution in [0.3, 0.4) is 0 Å². The summed E-state index contributed by atoms with van der Waals surface area (Å²) in [6.45, 7) is 5.45. The number of thioether (sulfide) groups is 1. The first-order valence-corrected chi connectivity index (χ1v) is 15.7. The number of amides is 2. The standard InChI is InChI=1S/C23H43N2O8P2S.Li/c1-4-5-6-7-8-9-10-11-12-13-22(28)36-17-16-25-20(26)14-15-24-21(27)18-23(2,3)19-32-35(30,31)33-34-29;/h18H,4-17,19H2,1-3H3,(H,24,27)(H,25,26)(H,30,31);/q;+1/p-1. The summed E-state index contributed by atoms with van der Waals surface area (Å²) in [5.74, 6) is -0.223. The molecule has 1 atom stereocenters. The van der Waals surface area contributed by atoms with E-state index < -0.39 is 27.8 Å². The number of unbranched alkanes of at least 4 members (excludes halogenated alkanes) is 8. The Hall–Kier alpha value is -0.233. The van der Waals surface area contributed by atoms with Crippen LogP contribution >= 0.6 is 28.3 Å². The fraction of sp³-hybridized carbons (Fsp3) is 0.826. The second-order valence-electron chi connectivity index (χ2n) is 9.20. The maximum absolute atomic E-state index is 12.0. The van der Waals surface area contributed by atoms with Crippen LogP contribution in [0.15, 0.2) is 0 Å². The van der Waals surface area contributed by atoms with E-state index in [0.717, 1.165) is 12.8 Å². The van der Waals surface area contributed by atoms with Crippen molar-refractivity contribution in [3.05, 3.63) is 6.42 Å². The molecule has 2 amide bonds. The van der Waals surface area contributed by atoms with Crippen LogP contribution < -0.4 is 34.4 Å². The first-order valence-electron chi connectivity index (χ1n) is 12.5. The van der Waals surface area contributed by atoms with Crippen molar-refractivity contribution in [2.75, 3.05) is 25.4 Å². The molecule has 37 heavy (non-hydrogen) atoms. The second-order valence-corrected chi connectivity index (χ2v) is 12.3. The summed E-state index contributed by atoms with van der Waals surface area (Å²) in [4.78, 5) is 47.1. The summed E-state index contributed by atoms with van der Waals surface area (Å²) in [5, 5.41) is 5.41. The van der Waals surface area contributed by atoms with E-state index in [-0.39, 0.29) is 49.5 Å². The second kappa shape index (κ2) is 23.6. The molecule has 10 nitrogen and oxygen atoms in total. The van der Waals surface area contributed by atoms with E-state index in [2.05, 4.69) is 26.4 Å².